The maximum absolute atomic E-state index is 3.51. The van der Waals surface area contributed by atoms with Crippen LogP contribution in [0.25, 0.3) is 6.08 Å². The molecule has 1 nitrogen and oxygen atoms in total. The van der Waals surface area contributed by atoms with Crippen molar-refractivity contribution < 1.29 is 18.6 Å². The van der Waals surface area contributed by atoms with E-state index in [1.807, 2.05) is 6.07 Å². The zero-order valence-electron chi connectivity index (χ0n) is 12.3. The first kappa shape index (κ1) is 16.6. The number of rotatable bonds is 4. The molecule has 2 aromatic rings. The number of benzene rings is 2. The van der Waals surface area contributed by atoms with Crippen LogP contribution < -0.4 is 5.32 Å². The Balaban J connectivity index is 0.00000200. The fourth-order valence-electron chi connectivity index (χ4n) is 2.02. The number of aryl methyl sites for hydroxylation is 1. The summed E-state index contributed by atoms with van der Waals surface area (Å²) in [4.78, 5) is 0. The fraction of sp³-hybridized carbons (Fsp3) is 0.222. The number of anilines is 1. The van der Waals surface area contributed by atoms with Gasteiger partial charge in [0.25, 0.3) is 0 Å². The van der Waals surface area contributed by atoms with Crippen molar-refractivity contribution in [2.75, 3.05) is 5.32 Å². The molecule has 1 radical (unpaired) electrons. The second kappa shape index (κ2) is 7.99. The maximum Gasteiger partial charge on any atom is 0.0446 e. The summed E-state index contributed by atoms with van der Waals surface area (Å²) in [5.74, 6) is 0. The Bertz CT molecular complexity index is 561. The molecule has 0 spiro atoms. The molecule has 0 saturated carbocycles. The van der Waals surface area contributed by atoms with Gasteiger partial charge in [-0.05, 0) is 44.0 Å². The van der Waals surface area contributed by atoms with Crippen molar-refractivity contribution in [2.24, 2.45) is 0 Å². The van der Waals surface area contributed by atoms with E-state index in [-0.39, 0.29) is 18.6 Å². The molecule has 0 aliphatic heterocycles. The van der Waals surface area contributed by atoms with Crippen LogP contribution in [0.3, 0.4) is 0 Å². The van der Waals surface area contributed by atoms with Crippen LogP contribution in [0.5, 0.6) is 0 Å². The Kier molecular flexibility index (Phi) is 6.64. The zero-order valence-corrected chi connectivity index (χ0v) is 13.7. The van der Waals surface area contributed by atoms with Crippen LogP contribution in [0.4, 0.5) is 5.69 Å². The first-order valence-electron chi connectivity index (χ1n) is 6.72. The fourth-order valence-corrected chi connectivity index (χ4v) is 2.02. The second-order valence-corrected chi connectivity index (χ2v) is 4.98. The van der Waals surface area contributed by atoms with E-state index in [0.29, 0.717) is 6.04 Å². The van der Waals surface area contributed by atoms with E-state index < -0.39 is 0 Å². The van der Waals surface area contributed by atoms with Crippen LogP contribution in [-0.2, 0) is 18.6 Å². The van der Waals surface area contributed by atoms with Crippen LogP contribution in [0.2, 0.25) is 0 Å². The summed E-state index contributed by atoms with van der Waals surface area (Å²) in [5, 5.41) is 3.51. The quantitative estimate of drug-likeness (QED) is 0.847. The van der Waals surface area contributed by atoms with E-state index in [0.717, 1.165) is 5.69 Å². The monoisotopic (exact) mass is 302 g/mol. The molecule has 1 atom stereocenters. The molecule has 2 rings (SSSR count). The van der Waals surface area contributed by atoms with Gasteiger partial charge in [0.1, 0.15) is 0 Å². The molecule has 1 N–H and O–H groups in total. The van der Waals surface area contributed by atoms with Crippen molar-refractivity contribution in [3.8, 4) is 0 Å². The first-order valence-corrected chi connectivity index (χ1v) is 6.72. The number of hydrogen-bond donors (Lipinski definition) is 1. The van der Waals surface area contributed by atoms with E-state index in [1.54, 1.807) is 0 Å². The summed E-state index contributed by atoms with van der Waals surface area (Å²) in [6.07, 6.45) is 2.26. The largest absolute Gasteiger partial charge is 0.379 e. The van der Waals surface area contributed by atoms with Gasteiger partial charge in [-0.2, -0.15) is 0 Å². The van der Waals surface area contributed by atoms with Crippen molar-refractivity contribution in [1.82, 2.24) is 0 Å². The third-order valence-electron chi connectivity index (χ3n) is 3.41. The van der Waals surface area contributed by atoms with Crippen LogP contribution in [0.1, 0.15) is 25.0 Å². The van der Waals surface area contributed by atoms with Crippen molar-refractivity contribution in [3.05, 3.63) is 71.3 Å². The third-order valence-corrected chi connectivity index (χ3v) is 3.41. The molecule has 0 aromatic heterocycles. The molecule has 103 valence electrons. The number of para-hydroxylation sites is 1. The van der Waals surface area contributed by atoms with Crippen molar-refractivity contribution in [2.45, 2.75) is 26.8 Å². The van der Waals surface area contributed by atoms with Crippen LogP contribution in [0, 0.1) is 6.92 Å². The van der Waals surface area contributed by atoms with E-state index in [1.165, 1.54) is 16.7 Å². The zero-order chi connectivity index (χ0) is 13.7. The van der Waals surface area contributed by atoms with Gasteiger partial charge in [-0.15, -0.1) is 0 Å². The molecule has 0 fully saturated rings. The van der Waals surface area contributed by atoms with Gasteiger partial charge in [0.15, 0.2) is 0 Å². The average molecular weight is 302 g/mol. The third kappa shape index (κ3) is 4.59. The summed E-state index contributed by atoms with van der Waals surface area (Å²) in [7, 11) is 0. The topological polar surface area (TPSA) is 12.0 Å². The van der Waals surface area contributed by atoms with Crippen LogP contribution in [0.15, 0.2) is 60.2 Å². The van der Waals surface area contributed by atoms with Crippen LogP contribution >= 0.6 is 0 Å². The minimum atomic E-state index is 0. The maximum atomic E-state index is 3.51. The van der Waals surface area contributed by atoms with Gasteiger partial charge in [-0.1, -0.05) is 54.1 Å². The number of nitrogens with one attached hydrogen (secondary N) is 1. The van der Waals surface area contributed by atoms with Crippen molar-refractivity contribution in [3.63, 3.8) is 0 Å². The summed E-state index contributed by atoms with van der Waals surface area (Å²) >= 11 is 0. The molecule has 2 heteroatoms. The molecule has 0 amide bonds. The van der Waals surface area contributed by atoms with Gasteiger partial charge in [0.05, 0.1) is 0 Å². The summed E-state index contributed by atoms with van der Waals surface area (Å²) in [6.45, 7) is 6.51. The van der Waals surface area contributed by atoms with E-state index in [4.69, 9.17) is 0 Å². The first-order chi connectivity index (χ1) is 9.16. The van der Waals surface area contributed by atoms with Crippen molar-refractivity contribution in [1.29, 1.82) is 0 Å². The molecule has 0 bridgehead atoms. The Morgan fingerprint density at radius 2 is 1.60 bits per heavy atom. The summed E-state index contributed by atoms with van der Waals surface area (Å²) in [5.41, 5.74) is 5.10. The minimum absolute atomic E-state index is 0. The SMILES string of the molecule is C/C(=C\c1ccccc1C)C(C)Nc1ccccc1.[V]. The van der Waals surface area contributed by atoms with Crippen LogP contribution in [-0.4, -0.2) is 6.04 Å². The molecule has 1 unspecified atom stereocenters. The predicted octanol–water partition coefficient (Wildman–Crippen LogP) is 4.90. The molecule has 0 heterocycles. The van der Waals surface area contributed by atoms with Gasteiger partial charge in [0.2, 0.25) is 0 Å². The molecule has 0 aliphatic rings. The Morgan fingerprint density at radius 3 is 2.25 bits per heavy atom. The van der Waals surface area contributed by atoms with Gasteiger partial charge in [-0.25, -0.2) is 0 Å². The van der Waals surface area contributed by atoms with Gasteiger partial charge in [0, 0.05) is 30.3 Å². The molecule has 0 saturated heterocycles. The second-order valence-electron chi connectivity index (χ2n) is 4.98. The Labute approximate surface area is 134 Å². The Morgan fingerprint density at radius 1 is 1.00 bits per heavy atom. The van der Waals surface area contributed by atoms with E-state index in [9.17, 15) is 0 Å². The van der Waals surface area contributed by atoms with Gasteiger partial charge >= 0.3 is 0 Å². The van der Waals surface area contributed by atoms with Crippen molar-refractivity contribution >= 4 is 11.8 Å². The predicted molar refractivity (Wildman–Crippen MR) is 84.4 cm³/mol. The smallest absolute Gasteiger partial charge is 0.0446 e. The summed E-state index contributed by atoms with van der Waals surface area (Å²) in [6, 6.07) is 19.1. The molecule has 20 heavy (non-hydrogen) atoms. The van der Waals surface area contributed by atoms with E-state index >= 15 is 0 Å². The van der Waals surface area contributed by atoms with E-state index in [2.05, 4.69) is 80.7 Å². The summed E-state index contributed by atoms with van der Waals surface area (Å²) < 4.78 is 0. The normalized spacial score (nSPS) is 12.4. The molecule has 2 aromatic carbocycles. The minimum Gasteiger partial charge on any atom is -0.379 e. The average Bonchev–Trinajstić information content (AvgIpc) is 2.42. The molecule has 0 aliphatic carbocycles. The molecular formula is C18H21NV. The standard InChI is InChI=1S/C18H21N.V/c1-14-9-7-8-10-17(14)13-15(2)16(3)19-18-11-5-4-6-12-18;/h4-13,16,19H,1-3H3;/b15-13+;. The van der Waals surface area contributed by atoms with Gasteiger partial charge in [-0.3, -0.25) is 0 Å². The Hall–Kier alpha value is -1.44. The molecular weight excluding hydrogens is 281 g/mol. The van der Waals surface area contributed by atoms with Gasteiger partial charge < -0.3 is 5.32 Å². The number of hydrogen-bond acceptors (Lipinski definition) is 1.